The maximum atomic E-state index is 11.7. The summed E-state index contributed by atoms with van der Waals surface area (Å²) in [5.41, 5.74) is -0.662. The molecular weight excluding hydrogens is 218 g/mol. The van der Waals surface area contributed by atoms with Crippen LogP contribution in [0, 0.1) is 5.92 Å². The van der Waals surface area contributed by atoms with Crippen LogP contribution in [0.3, 0.4) is 0 Å². The molecule has 4 nitrogen and oxygen atoms in total. The molecule has 1 N–H and O–H groups in total. The topological polar surface area (TPSA) is 49.8 Å². The summed E-state index contributed by atoms with van der Waals surface area (Å²) in [6.45, 7) is 6.24. The lowest BCUT2D eigenvalue weighted by Crippen LogP contribution is -2.57. The van der Waals surface area contributed by atoms with E-state index in [2.05, 4.69) is 11.8 Å². The van der Waals surface area contributed by atoms with Crippen molar-refractivity contribution < 1.29 is 14.6 Å². The smallest absolute Gasteiger partial charge is 0.324 e. The second kappa shape index (κ2) is 6.36. The standard InChI is InChI=1S/C13H25NO3/c1-4-14(8-9-17-3)13(12(15)16)7-5-6-11(2)10-13/h11H,4-10H2,1-3H3,(H,15,16). The highest BCUT2D eigenvalue weighted by Gasteiger charge is 2.45. The van der Waals surface area contributed by atoms with Gasteiger partial charge in [0.2, 0.25) is 0 Å². The Bertz CT molecular complexity index is 257. The third-order valence-electron chi connectivity index (χ3n) is 3.92. The predicted octanol–water partition coefficient (Wildman–Crippen LogP) is 1.99. The maximum Gasteiger partial charge on any atom is 0.324 e. The molecular formula is C13H25NO3. The Balaban J connectivity index is 2.84. The van der Waals surface area contributed by atoms with Gasteiger partial charge in [0.05, 0.1) is 6.61 Å². The molecule has 0 spiro atoms. The molecule has 0 heterocycles. The number of likely N-dealkylation sites (N-methyl/N-ethyl adjacent to an activating group) is 1. The number of methoxy groups -OCH3 is 1. The summed E-state index contributed by atoms with van der Waals surface area (Å²) in [5, 5.41) is 9.62. The summed E-state index contributed by atoms with van der Waals surface area (Å²) >= 11 is 0. The molecule has 17 heavy (non-hydrogen) atoms. The first-order chi connectivity index (χ1) is 8.06. The zero-order valence-electron chi connectivity index (χ0n) is 11.2. The molecule has 0 saturated heterocycles. The quantitative estimate of drug-likeness (QED) is 0.775. The molecule has 1 aliphatic carbocycles. The first-order valence-corrected chi connectivity index (χ1v) is 6.54. The van der Waals surface area contributed by atoms with Crippen molar-refractivity contribution in [2.45, 2.75) is 45.1 Å². The van der Waals surface area contributed by atoms with Gasteiger partial charge in [-0.3, -0.25) is 9.69 Å². The van der Waals surface area contributed by atoms with E-state index in [9.17, 15) is 9.90 Å². The average molecular weight is 243 g/mol. The van der Waals surface area contributed by atoms with Gasteiger partial charge in [-0.05, 0) is 25.3 Å². The molecule has 1 aliphatic rings. The van der Waals surface area contributed by atoms with E-state index in [1.807, 2.05) is 6.92 Å². The van der Waals surface area contributed by atoms with Crippen molar-refractivity contribution in [3.8, 4) is 0 Å². The van der Waals surface area contributed by atoms with E-state index in [0.717, 1.165) is 32.2 Å². The van der Waals surface area contributed by atoms with Gasteiger partial charge < -0.3 is 9.84 Å². The Hall–Kier alpha value is -0.610. The van der Waals surface area contributed by atoms with Crippen molar-refractivity contribution in [3.63, 3.8) is 0 Å². The first kappa shape index (κ1) is 14.5. The SMILES string of the molecule is CCN(CCOC)C1(C(=O)O)CCCC(C)C1. The Morgan fingerprint density at radius 3 is 2.76 bits per heavy atom. The van der Waals surface area contributed by atoms with Crippen LogP contribution in [0.4, 0.5) is 0 Å². The Morgan fingerprint density at radius 1 is 1.59 bits per heavy atom. The zero-order valence-corrected chi connectivity index (χ0v) is 11.2. The van der Waals surface area contributed by atoms with Crippen molar-refractivity contribution in [1.82, 2.24) is 4.90 Å². The molecule has 4 heteroatoms. The third-order valence-corrected chi connectivity index (χ3v) is 3.92. The van der Waals surface area contributed by atoms with E-state index in [0.29, 0.717) is 19.1 Å². The van der Waals surface area contributed by atoms with Crippen LogP contribution in [0.1, 0.15) is 39.5 Å². The van der Waals surface area contributed by atoms with Crippen molar-refractivity contribution in [3.05, 3.63) is 0 Å². The number of carboxylic acids is 1. The minimum absolute atomic E-state index is 0.497. The van der Waals surface area contributed by atoms with E-state index in [1.165, 1.54) is 0 Å². The number of ether oxygens (including phenoxy) is 1. The molecule has 100 valence electrons. The van der Waals surface area contributed by atoms with Gasteiger partial charge in [0, 0.05) is 13.7 Å². The van der Waals surface area contributed by atoms with Gasteiger partial charge in [0.1, 0.15) is 5.54 Å². The number of hydrogen-bond donors (Lipinski definition) is 1. The molecule has 1 rings (SSSR count). The molecule has 0 aromatic rings. The number of rotatable bonds is 6. The molecule has 0 amide bonds. The number of nitrogens with zero attached hydrogens (tertiary/aromatic N) is 1. The minimum atomic E-state index is -0.665. The molecule has 2 unspecified atom stereocenters. The molecule has 1 saturated carbocycles. The van der Waals surface area contributed by atoms with Crippen LogP contribution < -0.4 is 0 Å². The van der Waals surface area contributed by atoms with Crippen LogP contribution in [-0.2, 0) is 9.53 Å². The van der Waals surface area contributed by atoms with Crippen molar-refractivity contribution >= 4 is 5.97 Å². The lowest BCUT2D eigenvalue weighted by atomic mass is 9.75. The van der Waals surface area contributed by atoms with Crippen LogP contribution in [0.5, 0.6) is 0 Å². The van der Waals surface area contributed by atoms with Gasteiger partial charge in [-0.25, -0.2) is 0 Å². The van der Waals surface area contributed by atoms with Crippen LogP contribution in [0.15, 0.2) is 0 Å². The zero-order chi connectivity index (χ0) is 12.9. The summed E-state index contributed by atoms with van der Waals surface area (Å²) in [7, 11) is 1.66. The normalized spacial score (nSPS) is 29.5. The molecule has 0 bridgehead atoms. The van der Waals surface area contributed by atoms with Gasteiger partial charge in [-0.1, -0.05) is 26.7 Å². The summed E-state index contributed by atoms with van der Waals surface area (Å²) in [5.74, 6) is -0.168. The predicted molar refractivity (Wildman–Crippen MR) is 67.1 cm³/mol. The summed E-state index contributed by atoms with van der Waals surface area (Å²) in [4.78, 5) is 13.8. The van der Waals surface area contributed by atoms with E-state index >= 15 is 0 Å². The highest BCUT2D eigenvalue weighted by atomic mass is 16.5. The lowest BCUT2D eigenvalue weighted by molar-refractivity contribution is -0.156. The van der Waals surface area contributed by atoms with Crippen molar-refractivity contribution in [2.24, 2.45) is 5.92 Å². The van der Waals surface area contributed by atoms with E-state index in [4.69, 9.17) is 4.74 Å². The largest absolute Gasteiger partial charge is 0.480 e. The van der Waals surface area contributed by atoms with Gasteiger partial charge in [0.25, 0.3) is 0 Å². The van der Waals surface area contributed by atoms with Gasteiger partial charge in [0.15, 0.2) is 0 Å². The van der Waals surface area contributed by atoms with Crippen molar-refractivity contribution in [2.75, 3.05) is 26.8 Å². The highest BCUT2D eigenvalue weighted by Crippen LogP contribution is 2.37. The molecule has 2 atom stereocenters. The third kappa shape index (κ3) is 3.19. The van der Waals surface area contributed by atoms with Crippen LogP contribution in [0.2, 0.25) is 0 Å². The van der Waals surface area contributed by atoms with E-state index in [-0.39, 0.29) is 0 Å². The van der Waals surface area contributed by atoms with E-state index in [1.54, 1.807) is 7.11 Å². The second-order valence-electron chi connectivity index (χ2n) is 5.11. The monoisotopic (exact) mass is 243 g/mol. The fourth-order valence-corrected chi connectivity index (χ4v) is 3.02. The van der Waals surface area contributed by atoms with Crippen LogP contribution >= 0.6 is 0 Å². The fourth-order valence-electron chi connectivity index (χ4n) is 3.02. The van der Waals surface area contributed by atoms with Gasteiger partial charge >= 0.3 is 5.97 Å². The Labute approximate surface area is 104 Å². The molecule has 0 aliphatic heterocycles. The number of aliphatic carboxylic acids is 1. The molecule has 0 aromatic heterocycles. The average Bonchev–Trinajstić information content (AvgIpc) is 2.29. The number of carboxylic acid groups (broad SMARTS) is 1. The fraction of sp³-hybridized carbons (Fsp3) is 0.923. The first-order valence-electron chi connectivity index (χ1n) is 6.54. The van der Waals surface area contributed by atoms with Crippen molar-refractivity contribution in [1.29, 1.82) is 0 Å². The van der Waals surface area contributed by atoms with Crippen LogP contribution in [-0.4, -0.2) is 48.3 Å². The Kier molecular flexibility index (Phi) is 5.40. The Morgan fingerprint density at radius 2 is 2.29 bits per heavy atom. The number of carbonyl (C=O) groups is 1. The maximum absolute atomic E-state index is 11.7. The van der Waals surface area contributed by atoms with E-state index < -0.39 is 11.5 Å². The van der Waals surface area contributed by atoms with Crippen LogP contribution in [0.25, 0.3) is 0 Å². The summed E-state index contributed by atoms with van der Waals surface area (Å²) in [6.07, 6.45) is 3.69. The minimum Gasteiger partial charge on any atom is -0.480 e. The molecule has 0 aromatic carbocycles. The number of hydrogen-bond acceptors (Lipinski definition) is 3. The molecule has 1 fully saturated rings. The van der Waals surface area contributed by atoms with Gasteiger partial charge in [-0.2, -0.15) is 0 Å². The summed E-state index contributed by atoms with van der Waals surface area (Å²) < 4.78 is 5.08. The lowest BCUT2D eigenvalue weighted by Gasteiger charge is -2.44. The second-order valence-corrected chi connectivity index (χ2v) is 5.11. The van der Waals surface area contributed by atoms with Gasteiger partial charge in [-0.15, -0.1) is 0 Å². The summed E-state index contributed by atoms with van der Waals surface area (Å²) in [6, 6.07) is 0. The molecule has 0 radical (unpaired) electrons. The highest BCUT2D eigenvalue weighted by molar-refractivity contribution is 5.79.